The summed E-state index contributed by atoms with van der Waals surface area (Å²) in [4.78, 5) is 6.63. The summed E-state index contributed by atoms with van der Waals surface area (Å²) in [5.74, 6) is 0.821. The summed E-state index contributed by atoms with van der Waals surface area (Å²) in [6.45, 7) is 7.99. The Hall–Kier alpha value is -1.03. The molecule has 1 aromatic rings. The molecule has 1 aliphatic rings. The summed E-state index contributed by atoms with van der Waals surface area (Å²) in [5.41, 5.74) is 0.302. The lowest BCUT2D eigenvalue weighted by molar-refractivity contribution is -0.137. The van der Waals surface area contributed by atoms with Gasteiger partial charge in [0.1, 0.15) is 0 Å². The molecule has 0 radical (unpaired) electrons. The molecule has 1 heterocycles. The predicted molar refractivity (Wildman–Crippen MR) is 105 cm³/mol. The first-order valence-corrected chi connectivity index (χ1v) is 8.35. The quantitative estimate of drug-likeness (QED) is 0.394. The largest absolute Gasteiger partial charge is 0.416 e. The molecular weight excluding hydrogens is 444 g/mol. The molecule has 0 bridgehead atoms. The van der Waals surface area contributed by atoms with Crippen LogP contribution in [0.2, 0.25) is 0 Å². The number of rotatable bonds is 5. The van der Waals surface area contributed by atoms with Gasteiger partial charge in [0.25, 0.3) is 0 Å². The molecule has 1 unspecified atom stereocenters. The minimum atomic E-state index is -4.28. The molecule has 1 aromatic carbocycles. The third-order valence-electron chi connectivity index (χ3n) is 3.96. The van der Waals surface area contributed by atoms with Gasteiger partial charge >= 0.3 is 6.18 Å². The fourth-order valence-electron chi connectivity index (χ4n) is 2.82. The van der Waals surface area contributed by atoms with Gasteiger partial charge in [-0.25, -0.2) is 0 Å². The Kier molecular flexibility index (Phi) is 8.98. The molecule has 0 saturated carbocycles. The Bertz CT molecular complexity index is 546. The molecule has 2 rings (SSSR count). The lowest BCUT2D eigenvalue weighted by atomic mass is 10.1. The monoisotopic (exact) mass is 470 g/mol. The maximum Gasteiger partial charge on any atom is 0.416 e. The number of benzene rings is 1. The van der Waals surface area contributed by atoms with E-state index in [1.165, 1.54) is 0 Å². The van der Waals surface area contributed by atoms with Gasteiger partial charge in [-0.1, -0.05) is 12.1 Å². The van der Waals surface area contributed by atoms with Crippen LogP contribution in [0.3, 0.4) is 0 Å². The summed E-state index contributed by atoms with van der Waals surface area (Å²) in [6.07, 6.45) is -3.28. The molecule has 1 fully saturated rings. The minimum Gasteiger partial charge on any atom is -0.357 e. The lowest BCUT2D eigenvalue weighted by Gasteiger charge is -2.19. The second-order valence-corrected chi connectivity index (χ2v) is 5.91. The normalized spacial score (nSPS) is 18.8. The van der Waals surface area contributed by atoms with Gasteiger partial charge in [0.05, 0.1) is 5.56 Å². The summed E-state index contributed by atoms with van der Waals surface area (Å²) in [6, 6.07) is 5.73. The highest BCUT2D eigenvalue weighted by Crippen LogP contribution is 2.29. The van der Waals surface area contributed by atoms with E-state index in [-0.39, 0.29) is 24.0 Å². The van der Waals surface area contributed by atoms with E-state index in [2.05, 4.69) is 20.5 Å². The van der Waals surface area contributed by atoms with Crippen LogP contribution in [0.15, 0.2) is 29.3 Å². The topological polar surface area (TPSA) is 39.7 Å². The zero-order chi connectivity index (χ0) is 17.6. The molecule has 0 aromatic heterocycles. The third-order valence-corrected chi connectivity index (χ3v) is 3.96. The minimum absolute atomic E-state index is 0. The van der Waals surface area contributed by atoms with Crippen molar-refractivity contribution in [3.05, 3.63) is 35.4 Å². The molecular formula is C17H26F3IN4. The fourth-order valence-corrected chi connectivity index (χ4v) is 2.82. The third kappa shape index (κ3) is 7.01. The van der Waals surface area contributed by atoms with Crippen LogP contribution in [0.4, 0.5) is 13.2 Å². The zero-order valence-corrected chi connectivity index (χ0v) is 16.9. The average molecular weight is 470 g/mol. The Balaban J connectivity index is 0.00000312. The molecule has 25 heavy (non-hydrogen) atoms. The van der Waals surface area contributed by atoms with Gasteiger partial charge in [0, 0.05) is 38.8 Å². The number of nitrogens with one attached hydrogen (secondary N) is 2. The van der Waals surface area contributed by atoms with E-state index in [4.69, 9.17) is 0 Å². The number of likely N-dealkylation sites (tertiary alicyclic amines) is 1. The number of nitrogens with zero attached hydrogens (tertiary/aromatic N) is 2. The van der Waals surface area contributed by atoms with E-state index in [0.717, 1.165) is 56.3 Å². The van der Waals surface area contributed by atoms with Crippen molar-refractivity contribution in [1.29, 1.82) is 0 Å². The lowest BCUT2D eigenvalue weighted by Crippen LogP contribution is -2.44. The van der Waals surface area contributed by atoms with Gasteiger partial charge in [-0.05, 0) is 38.0 Å². The van der Waals surface area contributed by atoms with Crippen molar-refractivity contribution in [3.8, 4) is 0 Å². The van der Waals surface area contributed by atoms with Crippen molar-refractivity contribution in [2.45, 2.75) is 39.0 Å². The van der Waals surface area contributed by atoms with E-state index in [1.807, 2.05) is 13.8 Å². The molecule has 142 valence electrons. The number of hydrogen-bond donors (Lipinski definition) is 2. The van der Waals surface area contributed by atoms with Gasteiger partial charge in [-0.3, -0.25) is 9.89 Å². The Morgan fingerprint density at radius 3 is 2.48 bits per heavy atom. The van der Waals surface area contributed by atoms with E-state index in [1.54, 1.807) is 12.1 Å². The van der Waals surface area contributed by atoms with E-state index in [0.29, 0.717) is 12.6 Å². The standard InChI is InChI=1S/C17H25F3N4.HI/c1-3-21-16(22-4-2)23-15-9-10-24(12-15)11-13-5-7-14(8-6-13)17(18,19)20;/h5-8,15H,3-4,9-12H2,1-2H3,(H2,21,22,23);1H. The molecule has 4 nitrogen and oxygen atoms in total. The van der Waals surface area contributed by atoms with Crippen molar-refractivity contribution in [1.82, 2.24) is 15.5 Å². The average Bonchev–Trinajstić information content (AvgIpc) is 2.94. The number of aliphatic imine (C=N–C) groups is 1. The van der Waals surface area contributed by atoms with Crippen molar-refractivity contribution < 1.29 is 13.2 Å². The van der Waals surface area contributed by atoms with Crippen LogP contribution >= 0.6 is 24.0 Å². The molecule has 1 saturated heterocycles. The Morgan fingerprint density at radius 1 is 1.24 bits per heavy atom. The van der Waals surface area contributed by atoms with E-state index >= 15 is 0 Å². The van der Waals surface area contributed by atoms with Crippen molar-refractivity contribution in [2.75, 3.05) is 26.2 Å². The van der Waals surface area contributed by atoms with Crippen LogP contribution in [0, 0.1) is 0 Å². The van der Waals surface area contributed by atoms with Crippen molar-refractivity contribution >= 4 is 29.9 Å². The number of hydrogen-bond acceptors (Lipinski definition) is 2. The zero-order valence-electron chi connectivity index (χ0n) is 14.6. The van der Waals surface area contributed by atoms with Crippen LogP contribution in [-0.4, -0.2) is 43.1 Å². The molecule has 2 N–H and O–H groups in total. The summed E-state index contributed by atoms with van der Waals surface area (Å²) in [5, 5.41) is 6.62. The van der Waals surface area contributed by atoms with Crippen LogP contribution in [-0.2, 0) is 12.7 Å². The molecule has 1 atom stereocenters. The van der Waals surface area contributed by atoms with Gasteiger partial charge in [-0.2, -0.15) is 13.2 Å². The number of alkyl halides is 3. The summed E-state index contributed by atoms with van der Waals surface area (Å²) >= 11 is 0. The Morgan fingerprint density at radius 2 is 1.92 bits per heavy atom. The molecule has 0 spiro atoms. The molecule has 8 heteroatoms. The maximum atomic E-state index is 12.6. The SMILES string of the molecule is CCN=C(NCC)NC1CCN(Cc2ccc(C(F)(F)F)cc2)C1.I. The van der Waals surface area contributed by atoms with Crippen LogP contribution in [0.25, 0.3) is 0 Å². The first-order valence-electron chi connectivity index (χ1n) is 8.35. The highest BCUT2D eigenvalue weighted by atomic mass is 127. The van der Waals surface area contributed by atoms with Crippen molar-refractivity contribution in [3.63, 3.8) is 0 Å². The van der Waals surface area contributed by atoms with E-state index < -0.39 is 11.7 Å². The predicted octanol–water partition coefficient (Wildman–Crippen LogP) is 3.47. The van der Waals surface area contributed by atoms with Crippen LogP contribution in [0.5, 0.6) is 0 Å². The van der Waals surface area contributed by atoms with Gasteiger partial charge in [-0.15, -0.1) is 24.0 Å². The van der Waals surface area contributed by atoms with Crippen LogP contribution in [0.1, 0.15) is 31.4 Å². The number of halogens is 4. The molecule has 0 aliphatic carbocycles. The smallest absolute Gasteiger partial charge is 0.357 e. The molecule has 0 amide bonds. The first-order chi connectivity index (χ1) is 11.4. The fraction of sp³-hybridized carbons (Fsp3) is 0.588. The van der Waals surface area contributed by atoms with Gasteiger partial charge in [0.2, 0.25) is 0 Å². The van der Waals surface area contributed by atoms with Crippen LogP contribution < -0.4 is 10.6 Å². The summed E-state index contributed by atoms with van der Waals surface area (Å²) in [7, 11) is 0. The highest BCUT2D eigenvalue weighted by molar-refractivity contribution is 14.0. The van der Waals surface area contributed by atoms with E-state index in [9.17, 15) is 13.2 Å². The molecule has 1 aliphatic heterocycles. The Labute approximate surface area is 164 Å². The second kappa shape index (κ2) is 10.2. The maximum absolute atomic E-state index is 12.6. The van der Waals surface area contributed by atoms with Gasteiger partial charge < -0.3 is 10.6 Å². The second-order valence-electron chi connectivity index (χ2n) is 5.91. The highest BCUT2D eigenvalue weighted by Gasteiger charge is 2.30. The first kappa shape index (κ1) is 22.0. The van der Waals surface area contributed by atoms with Crippen molar-refractivity contribution in [2.24, 2.45) is 4.99 Å². The van der Waals surface area contributed by atoms with Gasteiger partial charge in [0.15, 0.2) is 5.96 Å². The number of guanidine groups is 1. The summed E-state index contributed by atoms with van der Waals surface area (Å²) < 4.78 is 37.8.